The molecule has 0 aromatic heterocycles. The van der Waals surface area contributed by atoms with Gasteiger partial charge in [0, 0.05) is 4.75 Å². The van der Waals surface area contributed by atoms with Gasteiger partial charge in [0.25, 0.3) is 0 Å². The molecule has 2 rings (SSSR count). The number of esters is 1. The first-order valence-corrected chi connectivity index (χ1v) is 8.65. The molecule has 0 N–H and O–H groups in total. The number of rotatable bonds is 2. The van der Waals surface area contributed by atoms with Gasteiger partial charge in [-0.1, -0.05) is 26.0 Å². The SMILES string of the molecule is COC(=O)c1ccc(B2OC(C)(C)C(C)(C)[SH]2C)cc1. The molecular weight excluding hydrogens is 271 g/mol. The molecular formula is C15H23BO3S. The van der Waals surface area contributed by atoms with E-state index in [0.29, 0.717) is 5.56 Å². The molecule has 1 fully saturated rings. The molecule has 0 bridgehead atoms. The summed E-state index contributed by atoms with van der Waals surface area (Å²) in [7, 11) is 1.09. The maximum absolute atomic E-state index is 11.5. The van der Waals surface area contributed by atoms with E-state index in [0.717, 1.165) is 5.46 Å². The molecule has 1 aromatic rings. The average molecular weight is 294 g/mol. The van der Waals surface area contributed by atoms with Crippen LogP contribution in [0.2, 0.25) is 0 Å². The van der Waals surface area contributed by atoms with E-state index in [1.807, 2.05) is 24.3 Å². The van der Waals surface area contributed by atoms with Crippen molar-refractivity contribution >= 4 is 28.4 Å². The molecule has 1 saturated heterocycles. The smallest absolute Gasteiger partial charge is 0.379 e. The van der Waals surface area contributed by atoms with Crippen molar-refractivity contribution < 1.29 is 14.2 Å². The van der Waals surface area contributed by atoms with Crippen LogP contribution < -0.4 is 5.46 Å². The highest BCUT2D eigenvalue weighted by molar-refractivity contribution is 8.41. The Morgan fingerprint density at radius 1 is 1.20 bits per heavy atom. The van der Waals surface area contributed by atoms with Gasteiger partial charge in [0.05, 0.1) is 18.3 Å². The number of ether oxygens (including phenoxy) is 1. The second-order valence-electron chi connectivity index (χ2n) is 6.26. The highest BCUT2D eigenvalue weighted by atomic mass is 32.2. The van der Waals surface area contributed by atoms with E-state index in [2.05, 4.69) is 34.0 Å². The lowest BCUT2D eigenvalue weighted by Gasteiger charge is -2.38. The molecule has 1 aliphatic rings. The Balaban J connectivity index is 2.28. The second-order valence-corrected chi connectivity index (χ2v) is 9.07. The van der Waals surface area contributed by atoms with Crippen LogP contribution in [0.15, 0.2) is 24.3 Å². The summed E-state index contributed by atoms with van der Waals surface area (Å²) in [5, 5.41) is 0. The molecule has 0 saturated carbocycles. The minimum absolute atomic E-state index is 0.127. The molecule has 5 heteroatoms. The van der Waals surface area contributed by atoms with E-state index in [-0.39, 0.29) is 33.3 Å². The maximum atomic E-state index is 11.5. The minimum Gasteiger partial charge on any atom is -0.465 e. The van der Waals surface area contributed by atoms with Crippen molar-refractivity contribution in [3.63, 3.8) is 0 Å². The normalized spacial score (nSPS) is 25.5. The number of methoxy groups -OCH3 is 1. The molecule has 1 aromatic carbocycles. The predicted octanol–water partition coefficient (Wildman–Crippen LogP) is 2.39. The molecule has 1 heterocycles. The van der Waals surface area contributed by atoms with Gasteiger partial charge in [-0.15, -0.1) is 0 Å². The molecule has 0 aliphatic carbocycles. The van der Waals surface area contributed by atoms with Crippen molar-refractivity contribution in [2.45, 2.75) is 38.0 Å². The predicted molar refractivity (Wildman–Crippen MR) is 87.3 cm³/mol. The Hall–Kier alpha value is -0.935. The van der Waals surface area contributed by atoms with Crippen LogP contribution in [0.5, 0.6) is 0 Å². The van der Waals surface area contributed by atoms with Crippen LogP contribution in [0.4, 0.5) is 0 Å². The summed E-state index contributed by atoms with van der Waals surface area (Å²) in [6, 6.07) is 7.58. The topological polar surface area (TPSA) is 35.5 Å². The van der Waals surface area contributed by atoms with Crippen molar-refractivity contribution in [2.24, 2.45) is 0 Å². The number of thiol groups is 1. The Morgan fingerprint density at radius 3 is 2.15 bits per heavy atom. The van der Waals surface area contributed by atoms with Gasteiger partial charge in [0.1, 0.15) is 0 Å². The molecule has 0 amide bonds. The van der Waals surface area contributed by atoms with Crippen LogP contribution in [0.25, 0.3) is 0 Å². The van der Waals surface area contributed by atoms with E-state index in [9.17, 15) is 4.79 Å². The monoisotopic (exact) mass is 294 g/mol. The van der Waals surface area contributed by atoms with Gasteiger partial charge < -0.3 is 9.39 Å². The summed E-state index contributed by atoms with van der Waals surface area (Å²) < 4.78 is 11.2. The van der Waals surface area contributed by atoms with Gasteiger partial charge in [-0.25, -0.2) is 15.5 Å². The van der Waals surface area contributed by atoms with E-state index < -0.39 is 0 Å². The van der Waals surface area contributed by atoms with Crippen molar-refractivity contribution in [1.82, 2.24) is 0 Å². The number of benzene rings is 1. The molecule has 110 valence electrons. The van der Waals surface area contributed by atoms with Crippen LogP contribution in [0.1, 0.15) is 38.1 Å². The first-order chi connectivity index (χ1) is 9.20. The van der Waals surface area contributed by atoms with Crippen LogP contribution in [-0.2, 0) is 9.39 Å². The van der Waals surface area contributed by atoms with Crippen molar-refractivity contribution in [3.8, 4) is 0 Å². The summed E-state index contributed by atoms with van der Waals surface area (Å²) >= 11 is 0. The Labute approximate surface area is 124 Å². The Bertz CT molecular complexity index is 510. The Kier molecular flexibility index (Phi) is 3.95. The molecule has 1 unspecified atom stereocenters. The third-order valence-electron chi connectivity index (χ3n) is 4.73. The lowest BCUT2D eigenvalue weighted by atomic mass is 9.83. The highest BCUT2D eigenvalue weighted by Crippen LogP contribution is 2.55. The zero-order chi connectivity index (χ0) is 15.1. The number of carbonyl (C=O) groups is 1. The van der Waals surface area contributed by atoms with Crippen molar-refractivity contribution in [1.29, 1.82) is 0 Å². The standard InChI is InChI=1S/C15H23BO3S/c1-14(2)15(3,4)20(6)16(19-14)12-9-7-11(8-10-12)13(17)18-5/h7-10,20H,1-6H3. The Morgan fingerprint density at radius 2 is 1.75 bits per heavy atom. The van der Waals surface area contributed by atoms with Crippen LogP contribution in [0, 0.1) is 0 Å². The lowest BCUT2D eigenvalue weighted by Crippen LogP contribution is -2.40. The van der Waals surface area contributed by atoms with E-state index >= 15 is 0 Å². The van der Waals surface area contributed by atoms with Gasteiger partial charge in [0.2, 0.25) is 0 Å². The highest BCUT2D eigenvalue weighted by Gasteiger charge is 2.53. The first kappa shape index (κ1) is 15.5. The summed E-state index contributed by atoms with van der Waals surface area (Å²) in [5.41, 5.74) is 1.58. The largest absolute Gasteiger partial charge is 0.465 e. The summed E-state index contributed by atoms with van der Waals surface area (Å²) in [4.78, 5) is 11.5. The second kappa shape index (κ2) is 5.12. The molecule has 1 atom stereocenters. The van der Waals surface area contributed by atoms with Gasteiger partial charge in [0.15, 0.2) is 0 Å². The zero-order valence-corrected chi connectivity index (χ0v) is 14.0. The average Bonchev–Trinajstić information content (AvgIpc) is 2.58. The number of carbonyl (C=O) groups excluding carboxylic acids is 1. The maximum Gasteiger partial charge on any atom is 0.379 e. The van der Waals surface area contributed by atoms with E-state index in [1.54, 1.807) is 0 Å². The molecule has 0 spiro atoms. The summed E-state index contributed by atoms with van der Waals surface area (Å²) in [5.74, 6) is -0.302. The van der Waals surface area contributed by atoms with Gasteiger partial charge >= 0.3 is 12.2 Å². The fraction of sp³-hybridized carbons (Fsp3) is 0.533. The number of hydrogen-bond acceptors (Lipinski definition) is 3. The van der Waals surface area contributed by atoms with Gasteiger partial charge in [-0.3, -0.25) is 0 Å². The van der Waals surface area contributed by atoms with Crippen molar-refractivity contribution in [3.05, 3.63) is 29.8 Å². The van der Waals surface area contributed by atoms with E-state index in [1.165, 1.54) is 7.11 Å². The first-order valence-electron chi connectivity index (χ1n) is 6.80. The fourth-order valence-electron chi connectivity index (χ4n) is 2.41. The summed E-state index contributed by atoms with van der Waals surface area (Å²) in [6.07, 6.45) is 2.42. The van der Waals surface area contributed by atoms with Crippen LogP contribution in [-0.4, -0.2) is 35.9 Å². The molecule has 3 nitrogen and oxygen atoms in total. The van der Waals surface area contributed by atoms with Gasteiger partial charge in [-0.05, 0) is 37.7 Å². The third kappa shape index (κ3) is 2.37. The molecule has 0 radical (unpaired) electrons. The van der Waals surface area contributed by atoms with Gasteiger partial charge in [-0.2, -0.15) is 0 Å². The van der Waals surface area contributed by atoms with Crippen molar-refractivity contribution in [2.75, 3.05) is 13.4 Å². The summed E-state index contributed by atoms with van der Waals surface area (Å²) in [6.45, 7) is 8.88. The molecule has 1 aliphatic heterocycles. The van der Waals surface area contributed by atoms with Crippen LogP contribution >= 0.6 is 10.7 Å². The van der Waals surface area contributed by atoms with E-state index in [4.69, 9.17) is 9.39 Å². The lowest BCUT2D eigenvalue weighted by molar-refractivity contribution is 0.0600. The quantitative estimate of drug-likeness (QED) is 0.517. The zero-order valence-electron chi connectivity index (χ0n) is 13.1. The fourth-order valence-corrected chi connectivity index (χ4v) is 4.94. The van der Waals surface area contributed by atoms with Crippen LogP contribution in [0.3, 0.4) is 0 Å². The number of hydrogen-bond donors (Lipinski definition) is 1. The third-order valence-corrected chi connectivity index (χ3v) is 8.14. The minimum atomic E-state index is -0.303. The molecule has 20 heavy (non-hydrogen) atoms.